The van der Waals surface area contributed by atoms with E-state index in [2.05, 4.69) is 5.32 Å². The lowest BCUT2D eigenvalue weighted by molar-refractivity contribution is -0.136. The van der Waals surface area contributed by atoms with E-state index < -0.39 is 9.84 Å². The molecule has 88 valence electrons. The van der Waals surface area contributed by atoms with Crippen molar-refractivity contribution in [3.05, 3.63) is 0 Å². The second-order valence-electron chi connectivity index (χ2n) is 3.90. The summed E-state index contributed by atoms with van der Waals surface area (Å²) >= 11 is 0. The number of nitrogens with zero attached hydrogens (tertiary/aromatic N) is 1. The minimum atomic E-state index is -2.99. The van der Waals surface area contributed by atoms with E-state index in [1.54, 1.807) is 4.90 Å². The lowest BCUT2D eigenvalue weighted by Crippen LogP contribution is -2.52. The first-order valence-electron chi connectivity index (χ1n) is 5.11. The van der Waals surface area contributed by atoms with E-state index in [1.165, 1.54) is 6.26 Å². The molecule has 5 nitrogen and oxygen atoms in total. The Hall–Kier alpha value is -0.620. The number of nitrogens with one attached hydrogen (secondary N) is 1. The van der Waals surface area contributed by atoms with Crippen LogP contribution in [-0.2, 0) is 14.6 Å². The van der Waals surface area contributed by atoms with Crippen LogP contribution >= 0.6 is 0 Å². The van der Waals surface area contributed by atoms with E-state index in [-0.39, 0.29) is 17.6 Å². The van der Waals surface area contributed by atoms with Gasteiger partial charge in [-0.25, -0.2) is 8.42 Å². The molecule has 1 aliphatic rings. The van der Waals surface area contributed by atoms with E-state index in [4.69, 9.17) is 0 Å². The fourth-order valence-corrected chi connectivity index (χ4v) is 1.97. The van der Waals surface area contributed by atoms with Crippen LogP contribution in [0.4, 0.5) is 0 Å². The molecule has 1 aliphatic heterocycles. The normalized spacial score (nSPS) is 17.2. The molecule has 0 aromatic carbocycles. The van der Waals surface area contributed by atoms with E-state index in [0.717, 1.165) is 0 Å². The SMILES string of the molecule is CCN(CCS(C)(=O)=O)C(=O)C1CNC1. The molecular weight excluding hydrogens is 216 g/mol. The van der Waals surface area contributed by atoms with Crippen molar-refractivity contribution in [2.24, 2.45) is 5.92 Å². The lowest BCUT2D eigenvalue weighted by Gasteiger charge is -2.31. The van der Waals surface area contributed by atoms with Crippen molar-refractivity contribution >= 4 is 15.7 Å². The fraction of sp³-hybridized carbons (Fsp3) is 0.889. The monoisotopic (exact) mass is 234 g/mol. The van der Waals surface area contributed by atoms with Gasteiger partial charge in [-0.05, 0) is 6.92 Å². The molecule has 1 saturated heterocycles. The number of hydrogen-bond donors (Lipinski definition) is 1. The van der Waals surface area contributed by atoms with Crippen LogP contribution in [-0.4, -0.2) is 57.4 Å². The number of rotatable bonds is 5. The zero-order valence-corrected chi connectivity index (χ0v) is 10.0. The minimum Gasteiger partial charge on any atom is -0.342 e. The van der Waals surface area contributed by atoms with Gasteiger partial charge in [0.15, 0.2) is 0 Å². The Morgan fingerprint density at radius 2 is 2.07 bits per heavy atom. The average Bonchev–Trinajstić information content (AvgIpc) is 1.99. The van der Waals surface area contributed by atoms with Crippen LogP contribution in [0.1, 0.15) is 6.92 Å². The molecule has 0 aliphatic carbocycles. The van der Waals surface area contributed by atoms with Gasteiger partial charge in [-0.15, -0.1) is 0 Å². The molecule has 1 fully saturated rings. The summed E-state index contributed by atoms with van der Waals surface area (Å²) in [6.45, 7) is 4.18. The molecule has 0 atom stereocenters. The maximum Gasteiger partial charge on any atom is 0.228 e. The Bertz CT molecular complexity index is 322. The topological polar surface area (TPSA) is 66.5 Å². The van der Waals surface area contributed by atoms with Crippen LogP contribution in [0.15, 0.2) is 0 Å². The number of carbonyl (C=O) groups excluding carboxylic acids is 1. The predicted octanol–water partition coefficient (Wildman–Crippen LogP) is -0.901. The number of carbonyl (C=O) groups is 1. The van der Waals surface area contributed by atoms with Crippen molar-refractivity contribution < 1.29 is 13.2 Å². The highest BCUT2D eigenvalue weighted by atomic mass is 32.2. The van der Waals surface area contributed by atoms with Gasteiger partial charge in [-0.1, -0.05) is 0 Å². The molecular formula is C9H18N2O3S. The van der Waals surface area contributed by atoms with E-state index in [0.29, 0.717) is 26.2 Å². The summed E-state index contributed by atoms with van der Waals surface area (Å²) in [5.74, 6) is 0.164. The molecule has 0 radical (unpaired) electrons. The summed E-state index contributed by atoms with van der Waals surface area (Å²) in [4.78, 5) is 13.4. The van der Waals surface area contributed by atoms with Crippen molar-refractivity contribution in [1.29, 1.82) is 0 Å². The third-order valence-corrected chi connectivity index (χ3v) is 3.48. The highest BCUT2D eigenvalue weighted by Crippen LogP contribution is 2.08. The van der Waals surface area contributed by atoms with Gasteiger partial charge in [0.1, 0.15) is 9.84 Å². The van der Waals surface area contributed by atoms with E-state index >= 15 is 0 Å². The molecule has 1 heterocycles. The standard InChI is InChI=1S/C9H18N2O3S/c1-3-11(4-5-15(2,13)14)9(12)8-6-10-7-8/h8,10H,3-7H2,1-2H3. The molecule has 0 bridgehead atoms. The number of sulfone groups is 1. The van der Waals surface area contributed by atoms with Crippen molar-refractivity contribution in [3.63, 3.8) is 0 Å². The van der Waals surface area contributed by atoms with Crippen LogP contribution in [0.2, 0.25) is 0 Å². The Labute approximate surface area is 90.7 Å². The quantitative estimate of drug-likeness (QED) is 0.669. The smallest absolute Gasteiger partial charge is 0.228 e. The van der Waals surface area contributed by atoms with Gasteiger partial charge in [0.05, 0.1) is 11.7 Å². The Kier molecular flexibility index (Phi) is 4.10. The largest absolute Gasteiger partial charge is 0.342 e. The van der Waals surface area contributed by atoms with Crippen LogP contribution < -0.4 is 5.32 Å². The Morgan fingerprint density at radius 3 is 2.40 bits per heavy atom. The maximum absolute atomic E-state index is 11.8. The second-order valence-corrected chi connectivity index (χ2v) is 6.16. The lowest BCUT2D eigenvalue weighted by atomic mass is 10.0. The van der Waals surface area contributed by atoms with Crippen molar-refractivity contribution in [3.8, 4) is 0 Å². The summed E-state index contributed by atoms with van der Waals surface area (Å²) < 4.78 is 22.0. The highest BCUT2D eigenvalue weighted by Gasteiger charge is 2.28. The van der Waals surface area contributed by atoms with Gasteiger partial charge < -0.3 is 10.2 Å². The second kappa shape index (κ2) is 4.94. The van der Waals surface area contributed by atoms with Gasteiger partial charge in [0.25, 0.3) is 0 Å². The molecule has 1 rings (SSSR count). The van der Waals surface area contributed by atoms with E-state index in [1.807, 2.05) is 6.92 Å². The van der Waals surface area contributed by atoms with Gasteiger partial charge in [-0.3, -0.25) is 4.79 Å². The summed E-state index contributed by atoms with van der Waals surface area (Å²) in [6, 6.07) is 0. The molecule has 1 amide bonds. The third-order valence-electron chi connectivity index (χ3n) is 2.56. The first-order valence-corrected chi connectivity index (χ1v) is 7.17. The van der Waals surface area contributed by atoms with Crippen molar-refractivity contribution in [2.75, 3.05) is 38.2 Å². The summed E-state index contributed by atoms with van der Waals surface area (Å²) in [7, 11) is -2.99. The Morgan fingerprint density at radius 1 is 1.47 bits per heavy atom. The summed E-state index contributed by atoms with van der Waals surface area (Å²) in [6.07, 6.45) is 1.19. The fourth-order valence-electron chi connectivity index (χ4n) is 1.42. The third kappa shape index (κ3) is 3.79. The first-order chi connectivity index (χ1) is 6.94. The van der Waals surface area contributed by atoms with Gasteiger partial charge in [0.2, 0.25) is 5.91 Å². The molecule has 0 aromatic heterocycles. The van der Waals surface area contributed by atoms with Gasteiger partial charge in [-0.2, -0.15) is 0 Å². The van der Waals surface area contributed by atoms with Crippen LogP contribution in [0.25, 0.3) is 0 Å². The molecule has 6 heteroatoms. The van der Waals surface area contributed by atoms with Crippen LogP contribution in [0.5, 0.6) is 0 Å². The Balaban J connectivity index is 2.44. The average molecular weight is 234 g/mol. The molecule has 0 unspecified atom stereocenters. The highest BCUT2D eigenvalue weighted by molar-refractivity contribution is 7.90. The number of hydrogen-bond acceptors (Lipinski definition) is 4. The van der Waals surface area contributed by atoms with E-state index in [9.17, 15) is 13.2 Å². The van der Waals surface area contributed by atoms with Crippen LogP contribution in [0, 0.1) is 5.92 Å². The summed E-state index contributed by atoms with van der Waals surface area (Å²) in [5, 5.41) is 3.03. The van der Waals surface area contributed by atoms with Crippen molar-refractivity contribution in [2.45, 2.75) is 6.92 Å². The van der Waals surface area contributed by atoms with Crippen LogP contribution in [0.3, 0.4) is 0 Å². The number of amides is 1. The zero-order chi connectivity index (χ0) is 11.5. The molecule has 1 N–H and O–H groups in total. The minimum absolute atomic E-state index is 0.0458. The molecule has 0 saturated carbocycles. The first kappa shape index (κ1) is 12.4. The van der Waals surface area contributed by atoms with Crippen molar-refractivity contribution in [1.82, 2.24) is 10.2 Å². The predicted molar refractivity (Wildman–Crippen MR) is 58.3 cm³/mol. The van der Waals surface area contributed by atoms with Gasteiger partial charge in [0, 0.05) is 32.4 Å². The molecule has 0 spiro atoms. The maximum atomic E-state index is 11.8. The summed E-state index contributed by atoms with van der Waals surface area (Å²) in [5.41, 5.74) is 0. The van der Waals surface area contributed by atoms with Gasteiger partial charge >= 0.3 is 0 Å². The molecule has 15 heavy (non-hydrogen) atoms. The zero-order valence-electron chi connectivity index (χ0n) is 9.19. The molecule has 0 aromatic rings.